The molecule has 27 heavy (non-hydrogen) atoms. The molecule has 0 bridgehead atoms. The van der Waals surface area contributed by atoms with Crippen LogP contribution in [0.25, 0.3) is 0 Å². The molecule has 0 aliphatic heterocycles. The van der Waals surface area contributed by atoms with Crippen LogP contribution in [0.2, 0.25) is 0 Å². The smallest absolute Gasteiger partial charge is 1.00 e. The fraction of sp³-hybridized carbons (Fsp3) is 0.562. The standard InChI is InChI=1S/C10H15.3C2H3N.F6P.Ru/c1-7-6-10(4,5)9(3)8(7)2;3*1-2-3;1-7(2,3,4,5)6;/h1-5H3;3*1H3;;/q;;;;-1;+1. The number of halogens is 6. The monoisotopic (exact) mass is 505 g/mol. The van der Waals surface area contributed by atoms with E-state index in [1.54, 1.807) is 18.2 Å². The minimum atomic E-state index is -10.7. The van der Waals surface area contributed by atoms with E-state index in [1.165, 1.54) is 37.5 Å². The molecule has 2 radical (unpaired) electrons. The first kappa shape index (κ1) is 36.5. The fourth-order valence-electron chi connectivity index (χ4n) is 1.41. The van der Waals surface area contributed by atoms with Crippen molar-refractivity contribution in [1.82, 2.24) is 0 Å². The Morgan fingerprint density at radius 1 is 0.778 bits per heavy atom. The average Bonchev–Trinajstić information content (AvgIpc) is 2.51. The molecule has 1 aliphatic rings. The second-order valence-electron chi connectivity index (χ2n) is 5.25. The maximum absolute atomic E-state index is 10.7. The van der Waals surface area contributed by atoms with Crippen molar-refractivity contribution < 1.29 is 44.7 Å². The quantitative estimate of drug-likeness (QED) is 0.190. The van der Waals surface area contributed by atoms with Gasteiger partial charge in [-0.05, 0) is 38.0 Å². The molecule has 11 heteroatoms. The Bertz CT molecular complexity index is 590. The van der Waals surface area contributed by atoms with E-state index in [9.17, 15) is 25.2 Å². The largest absolute Gasteiger partial charge is 1.00 e. The van der Waals surface area contributed by atoms with Crippen LogP contribution in [-0.2, 0) is 19.5 Å². The van der Waals surface area contributed by atoms with Gasteiger partial charge in [0.15, 0.2) is 0 Å². The Balaban J connectivity index is -0.0000000835. The van der Waals surface area contributed by atoms with Crippen molar-refractivity contribution >= 4 is 7.81 Å². The molecule has 0 saturated carbocycles. The molecule has 0 spiro atoms. The topological polar surface area (TPSA) is 71.4 Å². The maximum atomic E-state index is 9.87. The van der Waals surface area contributed by atoms with Crippen molar-refractivity contribution in [2.75, 3.05) is 0 Å². The summed E-state index contributed by atoms with van der Waals surface area (Å²) >= 11 is 0. The molecule has 3 nitrogen and oxygen atoms in total. The van der Waals surface area contributed by atoms with Crippen LogP contribution in [0, 0.1) is 45.5 Å². The molecule has 0 atom stereocenters. The van der Waals surface area contributed by atoms with Gasteiger partial charge in [0.25, 0.3) is 0 Å². The Labute approximate surface area is 170 Å². The van der Waals surface area contributed by atoms with Crippen molar-refractivity contribution in [2.45, 2.75) is 55.4 Å². The summed E-state index contributed by atoms with van der Waals surface area (Å²) in [5.41, 5.74) is 4.39. The van der Waals surface area contributed by atoms with Crippen LogP contribution in [0.4, 0.5) is 25.2 Å². The van der Waals surface area contributed by atoms with Crippen LogP contribution in [0.5, 0.6) is 0 Å². The van der Waals surface area contributed by atoms with E-state index < -0.39 is 7.81 Å². The Morgan fingerprint density at radius 3 is 1.00 bits per heavy atom. The number of nitriles is 3. The summed E-state index contributed by atoms with van der Waals surface area (Å²) in [4.78, 5) is 0. The third kappa shape index (κ3) is 40.6. The van der Waals surface area contributed by atoms with Gasteiger partial charge >= 0.3 is 52.5 Å². The first-order chi connectivity index (χ1) is 11.1. The normalized spacial score (nSPS) is 15.6. The number of hydrogen-bond donors (Lipinski definition) is 0. The van der Waals surface area contributed by atoms with Crippen molar-refractivity contribution in [3.05, 3.63) is 22.8 Å². The van der Waals surface area contributed by atoms with Gasteiger partial charge in [0, 0.05) is 26.2 Å². The van der Waals surface area contributed by atoms with E-state index in [2.05, 4.69) is 40.7 Å². The minimum Gasteiger partial charge on any atom is 1.00 e. The Hall–Kier alpha value is -1.42. The van der Waals surface area contributed by atoms with Crippen LogP contribution >= 0.6 is 7.81 Å². The van der Waals surface area contributed by atoms with Crippen molar-refractivity contribution in [3.63, 3.8) is 0 Å². The molecule has 0 aromatic rings. The fourth-order valence-corrected chi connectivity index (χ4v) is 1.41. The zero-order valence-corrected chi connectivity index (χ0v) is 19.0. The molecule has 0 heterocycles. The van der Waals surface area contributed by atoms with Gasteiger partial charge in [0.2, 0.25) is 0 Å². The zero-order valence-electron chi connectivity index (χ0n) is 16.4. The van der Waals surface area contributed by atoms with Gasteiger partial charge in [-0.3, -0.25) is 0 Å². The molecule has 1 rings (SSSR count). The molecular weight excluding hydrogens is 480 g/mol. The third-order valence-electron chi connectivity index (χ3n) is 2.56. The van der Waals surface area contributed by atoms with Crippen molar-refractivity contribution in [1.29, 1.82) is 15.8 Å². The average molecular weight is 504 g/mol. The van der Waals surface area contributed by atoms with Crippen molar-refractivity contribution in [2.24, 2.45) is 5.41 Å². The van der Waals surface area contributed by atoms with Crippen LogP contribution < -0.4 is 0 Å². The predicted molar refractivity (Wildman–Crippen MR) is 92.0 cm³/mol. The predicted octanol–water partition coefficient (Wildman–Crippen LogP) is 8.08. The van der Waals surface area contributed by atoms with Crippen molar-refractivity contribution in [3.8, 4) is 18.2 Å². The minimum absolute atomic E-state index is 0. The van der Waals surface area contributed by atoms with Crippen LogP contribution in [-0.4, -0.2) is 0 Å². The number of rotatable bonds is 0. The van der Waals surface area contributed by atoms with Gasteiger partial charge in [0.05, 0.1) is 18.2 Å². The van der Waals surface area contributed by atoms with E-state index in [0.29, 0.717) is 0 Å². The van der Waals surface area contributed by atoms with Gasteiger partial charge in [-0.25, -0.2) is 0 Å². The molecule has 0 fully saturated rings. The van der Waals surface area contributed by atoms with Gasteiger partial charge < -0.3 is 0 Å². The molecular formula is C16H24F6N3PRu. The molecule has 0 unspecified atom stereocenters. The first-order valence-electron chi connectivity index (χ1n) is 6.94. The summed E-state index contributed by atoms with van der Waals surface area (Å²) in [5.74, 6) is 0. The second-order valence-corrected chi connectivity index (χ2v) is 7.17. The third-order valence-corrected chi connectivity index (χ3v) is 2.56. The molecule has 0 saturated heterocycles. The summed E-state index contributed by atoms with van der Waals surface area (Å²) in [6.07, 6.45) is 3.44. The summed E-state index contributed by atoms with van der Waals surface area (Å²) < 4.78 is 59.2. The van der Waals surface area contributed by atoms with Gasteiger partial charge in [-0.1, -0.05) is 19.4 Å². The van der Waals surface area contributed by atoms with E-state index in [-0.39, 0.29) is 24.9 Å². The molecule has 0 N–H and O–H groups in total. The van der Waals surface area contributed by atoms with Gasteiger partial charge in [-0.2, -0.15) is 15.8 Å². The van der Waals surface area contributed by atoms with Crippen LogP contribution in [0.1, 0.15) is 55.4 Å². The first-order valence-corrected chi connectivity index (χ1v) is 8.96. The SMILES string of the molecule is CC#N.CC#N.CC#N.CC1=[C]C(C)(C)C(C)=C1C.F[P-](F)(F)(F)(F)F.[Ru+]. The Kier molecular flexibility index (Phi) is 17.4. The van der Waals surface area contributed by atoms with E-state index >= 15 is 0 Å². The summed E-state index contributed by atoms with van der Waals surface area (Å²) in [6.45, 7) is 15.2. The second kappa shape index (κ2) is 12.9. The summed E-state index contributed by atoms with van der Waals surface area (Å²) in [7, 11) is -10.7. The molecule has 0 amide bonds. The summed E-state index contributed by atoms with van der Waals surface area (Å²) in [5, 5.41) is 22.0. The van der Waals surface area contributed by atoms with Crippen LogP contribution in [0.15, 0.2) is 16.7 Å². The summed E-state index contributed by atoms with van der Waals surface area (Å²) in [6, 6.07) is 5.25. The van der Waals surface area contributed by atoms with E-state index in [0.717, 1.165) is 0 Å². The number of allylic oxidation sites excluding steroid dienone is 4. The van der Waals surface area contributed by atoms with E-state index in [4.69, 9.17) is 15.8 Å². The van der Waals surface area contributed by atoms with Crippen LogP contribution in [0.3, 0.4) is 0 Å². The maximum Gasteiger partial charge on any atom is 1.00 e. The van der Waals surface area contributed by atoms with Gasteiger partial charge in [0.1, 0.15) is 0 Å². The number of nitrogens with zero attached hydrogens (tertiary/aromatic N) is 3. The zero-order chi connectivity index (χ0) is 22.5. The molecule has 0 aromatic carbocycles. The Morgan fingerprint density at radius 2 is 0.963 bits per heavy atom. The molecule has 0 aromatic heterocycles. The van der Waals surface area contributed by atoms with E-state index in [1.807, 2.05) is 0 Å². The number of hydrogen-bond acceptors (Lipinski definition) is 3. The molecule has 1 aliphatic carbocycles. The molecule has 158 valence electrons. The van der Waals surface area contributed by atoms with Gasteiger partial charge in [-0.15, -0.1) is 0 Å².